The first kappa shape index (κ1) is 25.8. The van der Waals surface area contributed by atoms with E-state index in [4.69, 9.17) is 4.74 Å². The van der Waals surface area contributed by atoms with Crippen LogP contribution in [0.1, 0.15) is 109 Å². The van der Waals surface area contributed by atoms with E-state index in [1.54, 1.807) is 5.57 Å². The van der Waals surface area contributed by atoms with Crippen molar-refractivity contribution in [1.82, 2.24) is 0 Å². The van der Waals surface area contributed by atoms with Crippen LogP contribution in [-0.2, 0) is 4.74 Å². The van der Waals surface area contributed by atoms with Crippen molar-refractivity contribution in [2.75, 3.05) is 0 Å². The summed E-state index contributed by atoms with van der Waals surface area (Å²) < 4.78 is 5.98. The van der Waals surface area contributed by atoms with Gasteiger partial charge in [0.25, 0.3) is 0 Å². The second kappa shape index (κ2) is 10.1. The predicted molar refractivity (Wildman–Crippen MR) is 149 cm³/mol. The molecule has 0 aliphatic heterocycles. The van der Waals surface area contributed by atoms with Crippen LogP contribution < -0.4 is 0 Å². The SMILES string of the molecule is CC(C)CCC[C@@H](C)C1CCC2C3=CC=C4C[C@@H](OC(=O)c5ccccc5)CCC4(C)C3CCC21C. The summed E-state index contributed by atoms with van der Waals surface area (Å²) in [5.74, 6) is 3.81. The lowest BCUT2D eigenvalue weighted by Crippen LogP contribution is -2.46. The summed E-state index contributed by atoms with van der Waals surface area (Å²) in [6.45, 7) is 12.4. The number of rotatable bonds is 7. The van der Waals surface area contributed by atoms with E-state index in [0.717, 1.165) is 42.9 Å². The second-order valence-corrected chi connectivity index (χ2v) is 13.5. The van der Waals surface area contributed by atoms with E-state index in [9.17, 15) is 4.79 Å². The molecule has 0 N–H and O–H groups in total. The van der Waals surface area contributed by atoms with Gasteiger partial charge in [0.15, 0.2) is 0 Å². The van der Waals surface area contributed by atoms with Crippen LogP contribution in [0.2, 0.25) is 0 Å². The van der Waals surface area contributed by atoms with Gasteiger partial charge >= 0.3 is 5.97 Å². The van der Waals surface area contributed by atoms with Crippen LogP contribution in [0, 0.1) is 40.4 Å². The van der Waals surface area contributed by atoms with Gasteiger partial charge in [-0.15, -0.1) is 0 Å². The van der Waals surface area contributed by atoms with Crippen LogP contribution in [0.3, 0.4) is 0 Å². The van der Waals surface area contributed by atoms with Gasteiger partial charge in [0, 0.05) is 6.42 Å². The lowest BCUT2D eigenvalue weighted by molar-refractivity contribution is 0.00572. The first-order chi connectivity index (χ1) is 17.2. The van der Waals surface area contributed by atoms with Crippen molar-refractivity contribution in [3.05, 3.63) is 59.2 Å². The molecule has 2 heteroatoms. The van der Waals surface area contributed by atoms with Gasteiger partial charge < -0.3 is 4.74 Å². The van der Waals surface area contributed by atoms with Crippen LogP contribution in [0.5, 0.6) is 0 Å². The third-order valence-electron chi connectivity index (χ3n) is 11.0. The molecule has 0 bridgehead atoms. The fraction of sp³-hybridized carbons (Fsp3) is 0.676. The number of carbonyl (C=O) groups is 1. The highest BCUT2D eigenvalue weighted by Gasteiger charge is 2.57. The Kier molecular flexibility index (Phi) is 7.27. The molecule has 0 aromatic heterocycles. The molecule has 1 aromatic carbocycles. The average Bonchev–Trinajstić information content (AvgIpc) is 3.22. The van der Waals surface area contributed by atoms with Gasteiger partial charge in [-0.05, 0) is 91.1 Å². The minimum absolute atomic E-state index is 0.00314. The molecule has 0 spiro atoms. The van der Waals surface area contributed by atoms with Gasteiger partial charge in [0.1, 0.15) is 6.10 Å². The van der Waals surface area contributed by atoms with E-state index < -0.39 is 0 Å². The monoisotopic (exact) mass is 488 g/mol. The molecule has 196 valence electrons. The summed E-state index contributed by atoms with van der Waals surface area (Å²) in [5, 5.41) is 0. The van der Waals surface area contributed by atoms with Crippen molar-refractivity contribution >= 4 is 5.97 Å². The van der Waals surface area contributed by atoms with Gasteiger partial charge in [-0.2, -0.15) is 0 Å². The topological polar surface area (TPSA) is 26.3 Å². The molecule has 0 radical (unpaired) electrons. The highest BCUT2D eigenvalue weighted by molar-refractivity contribution is 5.89. The first-order valence-corrected chi connectivity index (χ1v) is 14.9. The quantitative estimate of drug-likeness (QED) is 0.358. The summed E-state index contributed by atoms with van der Waals surface area (Å²) in [4.78, 5) is 12.7. The van der Waals surface area contributed by atoms with E-state index in [2.05, 4.69) is 46.8 Å². The molecule has 0 heterocycles. The lowest BCUT2D eigenvalue weighted by Gasteiger charge is -2.55. The second-order valence-electron chi connectivity index (χ2n) is 13.5. The Morgan fingerprint density at radius 1 is 0.944 bits per heavy atom. The molecule has 0 amide bonds. The maximum absolute atomic E-state index is 12.7. The van der Waals surface area contributed by atoms with Crippen molar-refractivity contribution in [2.45, 2.75) is 105 Å². The summed E-state index contributed by atoms with van der Waals surface area (Å²) >= 11 is 0. The van der Waals surface area contributed by atoms with Gasteiger partial charge in [-0.3, -0.25) is 0 Å². The third kappa shape index (κ3) is 4.63. The van der Waals surface area contributed by atoms with Crippen molar-refractivity contribution in [3.8, 4) is 0 Å². The highest BCUT2D eigenvalue weighted by Crippen LogP contribution is 2.66. The number of carbonyl (C=O) groups excluding carboxylic acids is 1. The zero-order valence-corrected chi connectivity index (χ0v) is 23.4. The largest absolute Gasteiger partial charge is 0.458 e. The minimum atomic E-state index is -0.176. The fourth-order valence-electron chi connectivity index (χ4n) is 8.89. The molecule has 7 atom stereocenters. The van der Waals surface area contributed by atoms with Crippen LogP contribution in [-0.4, -0.2) is 12.1 Å². The Bertz CT molecular complexity index is 1000. The number of benzene rings is 1. The van der Waals surface area contributed by atoms with E-state index in [0.29, 0.717) is 16.9 Å². The average molecular weight is 489 g/mol. The van der Waals surface area contributed by atoms with Crippen molar-refractivity contribution in [3.63, 3.8) is 0 Å². The minimum Gasteiger partial charge on any atom is -0.458 e. The maximum atomic E-state index is 12.7. The Morgan fingerprint density at radius 3 is 2.47 bits per heavy atom. The van der Waals surface area contributed by atoms with E-state index in [-0.39, 0.29) is 17.5 Å². The van der Waals surface area contributed by atoms with Gasteiger partial charge in [0.05, 0.1) is 5.56 Å². The summed E-state index contributed by atoms with van der Waals surface area (Å²) in [6, 6.07) is 9.45. The number of allylic oxidation sites excluding steroid dienone is 3. The molecule has 4 aliphatic carbocycles. The molecule has 5 rings (SSSR count). The zero-order chi connectivity index (χ0) is 25.5. The summed E-state index contributed by atoms with van der Waals surface area (Å²) in [6.07, 6.45) is 17.7. The molecule has 2 nitrogen and oxygen atoms in total. The normalized spacial score (nSPS) is 36.3. The van der Waals surface area contributed by atoms with E-state index >= 15 is 0 Å². The van der Waals surface area contributed by atoms with Crippen LogP contribution >= 0.6 is 0 Å². The molecular weight excluding hydrogens is 440 g/mol. The predicted octanol–water partition coefficient (Wildman–Crippen LogP) is 9.17. The molecular formula is C34H48O2. The Labute approximate surface area is 220 Å². The number of ether oxygens (including phenoxy) is 1. The molecule has 5 unspecified atom stereocenters. The zero-order valence-electron chi connectivity index (χ0n) is 23.4. The van der Waals surface area contributed by atoms with Crippen LogP contribution in [0.25, 0.3) is 0 Å². The smallest absolute Gasteiger partial charge is 0.338 e. The Hall–Kier alpha value is -1.83. The molecule has 3 saturated carbocycles. The number of hydrogen-bond donors (Lipinski definition) is 0. The highest BCUT2D eigenvalue weighted by atomic mass is 16.5. The molecule has 3 fully saturated rings. The fourth-order valence-corrected chi connectivity index (χ4v) is 8.89. The van der Waals surface area contributed by atoms with E-state index in [1.807, 2.05) is 30.3 Å². The lowest BCUT2D eigenvalue weighted by atomic mass is 9.50. The van der Waals surface area contributed by atoms with Crippen molar-refractivity contribution < 1.29 is 9.53 Å². The summed E-state index contributed by atoms with van der Waals surface area (Å²) in [7, 11) is 0. The standard InChI is InChI=1S/C34H48O2/c1-23(2)10-9-11-24(3)29-16-17-30-28-15-14-26-22-27(36-32(35)25-12-7-6-8-13-25)18-20-33(26,4)31(28)19-21-34(29,30)5/h6-8,12-15,23-24,27,29-31H,9-11,16-22H2,1-5H3/t24-,27+,29?,30?,31?,33?,34?/m1/s1. The molecule has 36 heavy (non-hydrogen) atoms. The van der Waals surface area contributed by atoms with Crippen LogP contribution in [0.4, 0.5) is 0 Å². The van der Waals surface area contributed by atoms with Gasteiger partial charge in [-0.1, -0.05) is 95.4 Å². The number of esters is 1. The van der Waals surface area contributed by atoms with Crippen molar-refractivity contribution in [2.24, 2.45) is 40.4 Å². The first-order valence-electron chi connectivity index (χ1n) is 14.9. The summed E-state index contributed by atoms with van der Waals surface area (Å²) in [5.41, 5.74) is 4.66. The number of hydrogen-bond acceptors (Lipinski definition) is 2. The van der Waals surface area contributed by atoms with Crippen LogP contribution in [0.15, 0.2) is 53.6 Å². The Balaban J connectivity index is 1.29. The Morgan fingerprint density at radius 2 is 1.72 bits per heavy atom. The van der Waals surface area contributed by atoms with Crippen molar-refractivity contribution in [1.29, 1.82) is 0 Å². The third-order valence-corrected chi connectivity index (χ3v) is 11.0. The van der Waals surface area contributed by atoms with E-state index in [1.165, 1.54) is 50.5 Å². The molecule has 1 aromatic rings. The van der Waals surface area contributed by atoms with Gasteiger partial charge in [-0.25, -0.2) is 4.79 Å². The van der Waals surface area contributed by atoms with Gasteiger partial charge in [0.2, 0.25) is 0 Å². The maximum Gasteiger partial charge on any atom is 0.338 e. The number of fused-ring (bicyclic) bond motifs is 5. The molecule has 4 aliphatic rings. The molecule has 0 saturated heterocycles.